The summed E-state index contributed by atoms with van der Waals surface area (Å²) in [5.41, 5.74) is 2.27. The summed E-state index contributed by atoms with van der Waals surface area (Å²) in [5.74, 6) is 0.129. The fourth-order valence-corrected chi connectivity index (χ4v) is 2.79. The Balaban J connectivity index is 2.38. The van der Waals surface area contributed by atoms with Crippen LogP contribution in [0.5, 0.6) is 0 Å². The predicted octanol–water partition coefficient (Wildman–Crippen LogP) is 2.96. The molecule has 1 N–H and O–H groups in total. The quantitative estimate of drug-likeness (QED) is 0.417. The number of amides is 1. The van der Waals surface area contributed by atoms with E-state index in [-0.39, 0.29) is 5.57 Å². The highest BCUT2D eigenvalue weighted by Gasteiger charge is 2.19. The second-order valence-electron chi connectivity index (χ2n) is 6.43. The van der Waals surface area contributed by atoms with Crippen molar-refractivity contribution in [3.8, 4) is 11.8 Å². The standard InChI is InChI=1S/C20H24ClN5O2/c1-14-6-8-16(9-7-14)26-18(21)17(24-20(26)25(2)3)12-15(13-22)19(27)23-10-5-11-28-4/h6-9,12H,5,10-11H2,1-4H3,(H,23,27)/b15-12+. The number of aromatic nitrogens is 2. The third-order valence-electron chi connectivity index (χ3n) is 3.98. The maximum Gasteiger partial charge on any atom is 0.262 e. The minimum absolute atomic E-state index is 0.0572. The molecule has 1 heterocycles. The summed E-state index contributed by atoms with van der Waals surface area (Å²) in [6.45, 7) is 2.95. The summed E-state index contributed by atoms with van der Waals surface area (Å²) < 4.78 is 6.72. The van der Waals surface area contributed by atoms with Gasteiger partial charge in [-0.3, -0.25) is 9.36 Å². The van der Waals surface area contributed by atoms with E-state index in [1.807, 2.05) is 56.3 Å². The molecule has 2 aromatic rings. The van der Waals surface area contributed by atoms with Gasteiger partial charge in [0.1, 0.15) is 22.5 Å². The summed E-state index contributed by atoms with van der Waals surface area (Å²) in [7, 11) is 5.30. The number of carbonyl (C=O) groups is 1. The molecule has 148 valence electrons. The lowest BCUT2D eigenvalue weighted by atomic mass is 10.2. The van der Waals surface area contributed by atoms with Gasteiger partial charge in [-0.05, 0) is 31.6 Å². The highest BCUT2D eigenvalue weighted by Crippen LogP contribution is 2.29. The third kappa shape index (κ3) is 5.12. The molecule has 0 aliphatic rings. The Labute approximate surface area is 170 Å². The van der Waals surface area contributed by atoms with E-state index in [0.29, 0.717) is 36.4 Å². The van der Waals surface area contributed by atoms with Crippen LogP contribution in [0.25, 0.3) is 11.8 Å². The fraction of sp³-hybridized carbons (Fsp3) is 0.350. The number of halogens is 1. The Morgan fingerprint density at radius 3 is 2.64 bits per heavy atom. The number of nitriles is 1. The monoisotopic (exact) mass is 401 g/mol. The van der Waals surface area contributed by atoms with E-state index in [1.54, 1.807) is 11.7 Å². The van der Waals surface area contributed by atoms with Gasteiger partial charge in [0.2, 0.25) is 5.95 Å². The molecule has 28 heavy (non-hydrogen) atoms. The van der Waals surface area contributed by atoms with Crippen LogP contribution in [0.3, 0.4) is 0 Å². The summed E-state index contributed by atoms with van der Waals surface area (Å²) in [6.07, 6.45) is 2.07. The maximum absolute atomic E-state index is 12.3. The minimum Gasteiger partial charge on any atom is -0.385 e. The number of nitrogens with zero attached hydrogens (tertiary/aromatic N) is 4. The molecule has 0 saturated carbocycles. The van der Waals surface area contributed by atoms with Crippen molar-refractivity contribution < 1.29 is 9.53 Å². The number of benzene rings is 1. The van der Waals surface area contributed by atoms with Crippen LogP contribution < -0.4 is 10.2 Å². The van der Waals surface area contributed by atoms with Gasteiger partial charge in [-0.15, -0.1) is 0 Å². The van der Waals surface area contributed by atoms with Crippen LogP contribution in [0.15, 0.2) is 29.8 Å². The molecule has 0 spiro atoms. The van der Waals surface area contributed by atoms with Gasteiger partial charge in [0.15, 0.2) is 0 Å². The van der Waals surface area contributed by atoms with Crippen molar-refractivity contribution in [3.05, 3.63) is 46.2 Å². The lowest BCUT2D eigenvalue weighted by Gasteiger charge is -2.15. The number of rotatable bonds is 8. The number of ether oxygens (including phenoxy) is 1. The van der Waals surface area contributed by atoms with Crippen molar-refractivity contribution in [1.82, 2.24) is 14.9 Å². The van der Waals surface area contributed by atoms with Crippen molar-refractivity contribution in [3.63, 3.8) is 0 Å². The van der Waals surface area contributed by atoms with Crippen LogP contribution in [0.2, 0.25) is 5.15 Å². The van der Waals surface area contributed by atoms with Gasteiger partial charge in [-0.2, -0.15) is 5.26 Å². The molecule has 7 nitrogen and oxygen atoms in total. The van der Waals surface area contributed by atoms with E-state index in [0.717, 1.165) is 11.3 Å². The van der Waals surface area contributed by atoms with Crippen molar-refractivity contribution in [2.24, 2.45) is 0 Å². The average Bonchev–Trinajstić information content (AvgIpc) is 3.00. The predicted molar refractivity (Wildman–Crippen MR) is 111 cm³/mol. The van der Waals surface area contributed by atoms with E-state index in [9.17, 15) is 10.1 Å². The maximum atomic E-state index is 12.3. The second-order valence-corrected chi connectivity index (χ2v) is 6.78. The van der Waals surface area contributed by atoms with Crippen LogP contribution in [0.1, 0.15) is 17.7 Å². The largest absolute Gasteiger partial charge is 0.385 e. The lowest BCUT2D eigenvalue weighted by Crippen LogP contribution is -2.26. The number of hydrogen-bond donors (Lipinski definition) is 1. The zero-order valence-corrected chi connectivity index (χ0v) is 17.2. The number of methoxy groups -OCH3 is 1. The molecule has 0 saturated heterocycles. The normalized spacial score (nSPS) is 11.2. The highest BCUT2D eigenvalue weighted by atomic mass is 35.5. The zero-order chi connectivity index (χ0) is 20.7. The molecule has 0 aliphatic heterocycles. The fourth-order valence-electron chi connectivity index (χ4n) is 2.52. The molecular weight excluding hydrogens is 378 g/mol. The van der Waals surface area contributed by atoms with Crippen molar-refractivity contribution in [2.75, 3.05) is 39.3 Å². The number of carbonyl (C=O) groups excluding carboxylic acids is 1. The zero-order valence-electron chi connectivity index (χ0n) is 16.5. The SMILES string of the molecule is COCCCNC(=O)/C(C#N)=C/c1nc(N(C)C)n(-c2ccc(C)cc2)c1Cl. The molecule has 0 aliphatic carbocycles. The first-order valence-corrected chi connectivity index (χ1v) is 9.18. The first-order chi connectivity index (χ1) is 13.4. The van der Waals surface area contributed by atoms with Crippen LogP contribution in [0.4, 0.5) is 5.95 Å². The first-order valence-electron chi connectivity index (χ1n) is 8.80. The van der Waals surface area contributed by atoms with E-state index < -0.39 is 5.91 Å². The number of nitrogens with one attached hydrogen (secondary N) is 1. The number of aryl methyl sites for hydroxylation is 1. The summed E-state index contributed by atoms with van der Waals surface area (Å²) in [6, 6.07) is 9.76. The van der Waals surface area contributed by atoms with Crippen LogP contribution >= 0.6 is 11.6 Å². The molecule has 1 amide bonds. The second kappa shape index (κ2) is 9.93. The van der Waals surface area contributed by atoms with Gasteiger partial charge in [-0.25, -0.2) is 4.98 Å². The summed E-state index contributed by atoms with van der Waals surface area (Å²) in [4.78, 5) is 18.6. The average molecular weight is 402 g/mol. The van der Waals surface area contributed by atoms with Gasteiger partial charge in [0, 0.05) is 40.0 Å². The highest BCUT2D eigenvalue weighted by molar-refractivity contribution is 6.31. The van der Waals surface area contributed by atoms with Crippen molar-refractivity contribution >= 4 is 29.5 Å². The van der Waals surface area contributed by atoms with E-state index in [4.69, 9.17) is 16.3 Å². The Morgan fingerprint density at radius 1 is 1.39 bits per heavy atom. The van der Waals surface area contributed by atoms with Gasteiger partial charge < -0.3 is 15.0 Å². The summed E-state index contributed by atoms with van der Waals surface area (Å²) in [5, 5.41) is 12.4. The minimum atomic E-state index is -0.467. The number of hydrogen-bond acceptors (Lipinski definition) is 5. The van der Waals surface area contributed by atoms with Gasteiger partial charge in [0.05, 0.1) is 0 Å². The molecule has 1 aromatic heterocycles. The third-order valence-corrected chi connectivity index (χ3v) is 4.34. The summed E-state index contributed by atoms with van der Waals surface area (Å²) >= 11 is 6.57. The molecule has 1 aromatic carbocycles. The Morgan fingerprint density at radius 2 is 2.07 bits per heavy atom. The molecule has 0 bridgehead atoms. The van der Waals surface area contributed by atoms with E-state index in [2.05, 4.69) is 10.3 Å². The molecule has 2 rings (SSSR count). The Hall–Kier alpha value is -2.82. The van der Waals surface area contributed by atoms with E-state index >= 15 is 0 Å². The van der Waals surface area contributed by atoms with Crippen molar-refractivity contribution in [2.45, 2.75) is 13.3 Å². The lowest BCUT2D eigenvalue weighted by molar-refractivity contribution is -0.117. The van der Waals surface area contributed by atoms with Gasteiger partial charge in [-0.1, -0.05) is 29.3 Å². The topological polar surface area (TPSA) is 83.2 Å². The molecule has 8 heteroatoms. The van der Waals surface area contributed by atoms with Crippen LogP contribution in [-0.4, -0.2) is 49.8 Å². The van der Waals surface area contributed by atoms with E-state index in [1.165, 1.54) is 6.08 Å². The Kier molecular flexibility index (Phi) is 7.61. The molecule has 0 radical (unpaired) electrons. The first kappa shape index (κ1) is 21.5. The smallest absolute Gasteiger partial charge is 0.262 e. The number of imidazole rings is 1. The van der Waals surface area contributed by atoms with Crippen molar-refractivity contribution in [1.29, 1.82) is 5.26 Å². The van der Waals surface area contributed by atoms with Crippen LogP contribution in [0, 0.1) is 18.3 Å². The van der Waals surface area contributed by atoms with Gasteiger partial charge in [0.25, 0.3) is 5.91 Å². The molecule has 0 atom stereocenters. The van der Waals surface area contributed by atoms with Gasteiger partial charge >= 0.3 is 0 Å². The molecule has 0 unspecified atom stereocenters. The number of anilines is 1. The molecule has 0 fully saturated rings. The van der Waals surface area contributed by atoms with Crippen LogP contribution in [-0.2, 0) is 9.53 Å². The Bertz CT molecular complexity index is 895. The molecular formula is C20H24ClN5O2.